The number of carbonyl (C=O) groups is 1. The lowest BCUT2D eigenvalue weighted by Gasteiger charge is -2.34. The molecule has 1 unspecified atom stereocenters. The fourth-order valence-corrected chi connectivity index (χ4v) is 3.03. The molecule has 2 saturated heterocycles. The highest BCUT2D eigenvalue weighted by molar-refractivity contribution is 5.81. The lowest BCUT2D eigenvalue weighted by molar-refractivity contribution is -0.135. The largest absolute Gasteiger partial charge is 0.366 e. The molecule has 1 aromatic heterocycles. The van der Waals surface area contributed by atoms with E-state index < -0.39 is 0 Å². The number of morpholine rings is 1. The molecular weight excluding hydrogens is 294 g/mol. The predicted molar refractivity (Wildman–Crippen MR) is 87.4 cm³/mol. The minimum absolute atomic E-state index is 0.00551. The maximum absolute atomic E-state index is 12.2. The van der Waals surface area contributed by atoms with Gasteiger partial charge in [0.1, 0.15) is 18.2 Å². The molecule has 2 aliphatic heterocycles. The Labute approximate surface area is 136 Å². The minimum atomic E-state index is -0.351. The number of rotatable bonds is 4. The quantitative estimate of drug-likeness (QED) is 0.820. The molecule has 1 aromatic rings. The third kappa shape index (κ3) is 4.17. The zero-order valence-electron chi connectivity index (χ0n) is 13.6. The van der Waals surface area contributed by atoms with Gasteiger partial charge in [-0.3, -0.25) is 4.79 Å². The number of nitrogens with one attached hydrogen (secondary N) is 2. The van der Waals surface area contributed by atoms with Crippen LogP contribution >= 0.6 is 0 Å². The van der Waals surface area contributed by atoms with E-state index in [1.807, 2.05) is 0 Å². The number of aryl methyl sites for hydroxylation is 1. The summed E-state index contributed by atoms with van der Waals surface area (Å²) in [5, 5.41) is 6.30. The molecular formula is C16H25N5O2. The first-order valence-electron chi connectivity index (χ1n) is 8.45. The Morgan fingerprint density at radius 1 is 1.43 bits per heavy atom. The number of carbonyl (C=O) groups excluding carboxylic acids is 1. The van der Waals surface area contributed by atoms with E-state index in [4.69, 9.17) is 4.74 Å². The van der Waals surface area contributed by atoms with E-state index in [9.17, 15) is 4.79 Å². The molecule has 3 rings (SSSR count). The van der Waals surface area contributed by atoms with Crippen LogP contribution < -0.4 is 15.5 Å². The highest BCUT2D eigenvalue weighted by atomic mass is 16.5. The second kappa shape index (κ2) is 7.70. The van der Waals surface area contributed by atoms with Crippen molar-refractivity contribution in [3.63, 3.8) is 0 Å². The molecule has 2 aliphatic rings. The fraction of sp³-hybridized carbons (Fsp3) is 0.688. The van der Waals surface area contributed by atoms with Crippen molar-refractivity contribution < 1.29 is 9.53 Å². The van der Waals surface area contributed by atoms with Gasteiger partial charge in [-0.05, 0) is 19.3 Å². The van der Waals surface area contributed by atoms with Crippen LogP contribution in [0.2, 0.25) is 0 Å². The van der Waals surface area contributed by atoms with Crippen molar-refractivity contribution in [2.45, 2.75) is 38.3 Å². The number of hydrogen-bond acceptors (Lipinski definition) is 6. The van der Waals surface area contributed by atoms with Gasteiger partial charge in [0.25, 0.3) is 5.91 Å². The van der Waals surface area contributed by atoms with Gasteiger partial charge in [-0.2, -0.15) is 0 Å². The van der Waals surface area contributed by atoms with Crippen molar-refractivity contribution in [1.29, 1.82) is 0 Å². The molecule has 2 N–H and O–H groups in total. The van der Waals surface area contributed by atoms with Crippen LogP contribution in [0.4, 0.5) is 5.82 Å². The van der Waals surface area contributed by atoms with Crippen molar-refractivity contribution in [3.8, 4) is 0 Å². The van der Waals surface area contributed by atoms with Gasteiger partial charge < -0.3 is 20.3 Å². The zero-order valence-corrected chi connectivity index (χ0v) is 13.6. The van der Waals surface area contributed by atoms with E-state index in [-0.39, 0.29) is 18.1 Å². The number of piperidine rings is 1. The molecule has 0 radical (unpaired) electrons. The smallest absolute Gasteiger partial charge is 0.250 e. The summed E-state index contributed by atoms with van der Waals surface area (Å²) in [6.07, 6.45) is 4.05. The number of ether oxygens (including phenoxy) is 1. The van der Waals surface area contributed by atoms with Gasteiger partial charge in [0.2, 0.25) is 0 Å². The van der Waals surface area contributed by atoms with Crippen LogP contribution in [0.15, 0.2) is 12.4 Å². The Balaban J connectivity index is 1.49. The first-order chi connectivity index (χ1) is 11.3. The van der Waals surface area contributed by atoms with Gasteiger partial charge in [0.05, 0.1) is 6.61 Å². The first kappa shape index (κ1) is 16.1. The Morgan fingerprint density at radius 2 is 2.26 bits per heavy atom. The molecule has 23 heavy (non-hydrogen) atoms. The lowest BCUT2D eigenvalue weighted by Crippen LogP contribution is -2.52. The second-order valence-corrected chi connectivity index (χ2v) is 6.05. The second-order valence-electron chi connectivity index (χ2n) is 6.05. The van der Waals surface area contributed by atoms with Crippen molar-refractivity contribution in [3.05, 3.63) is 18.1 Å². The zero-order chi connectivity index (χ0) is 16.1. The minimum Gasteiger partial charge on any atom is -0.366 e. The summed E-state index contributed by atoms with van der Waals surface area (Å²) in [5.41, 5.74) is 1.06. The molecule has 3 heterocycles. The molecule has 7 nitrogen and oxygen atoms in total. The van der Waals surface area contributed by atoms with E-state index in [0.717, 1.165) is 50.4 Å². The van der Waals surface area contributed by atoms with E-state index >= 15 is 0 Å². The number of anilines is 1. The molecule has 0 aromatic carbocycles. The van der Waals surface area contributed by atoms with Gasteiger partial charge in [0, 0.05) is 44.0 Å². The SMILES string of the molecule is CCc1cc(N2CCC(NC(=O)C3CNCCO3)CC2)ncn1. The van der Waals surface area contributed by atoms with Crippen molar-refractivity contribution in [1.82, 2.24) is 20.6 Å². The summed E-state index contributed by atoms with van der Waals surface area (Å²) in [6, 6.07) is 2.28. The van der Waals surface area contributed by atoms with E-state index in [2.05, 4.69) is 38.5 Å². The normalized spacial score (nSPS) is 22.8. The highest BCUT2D eigenvalue weighted by Gasteiger charge is 2.26. The molecule has 0 aliphatic carbocycles. The van der Waals surface area contributed by atoms with Gasteiger partial charge in [-0.25, -0.2) is 9.97 Å². The van der Waals surface area contributed by atoms with Gasteiger partial charge >= 0.3 is 0 Å². The number of hydrogen-bond donors (Lipinski definition) is 2. The average molecular weight is 319 g/mol. The summed E-state index contributed by atoms with van der Waals surface area (Å²) >= 11 is 0. The van der Waals surface area contributed by atoms with Crippen LogP contribution in [0.3, 0.4) is 0 Å². The van der Waals surface area contributed by atoms with Gasteiger partial charge in [0.15, 0.2) is 0 Å². The summed E-state index contributed by atoms with van der Waals surface area (Å²) < 4.78 is 5.50. The van der Waals surface area contributed by atoms with Gasteiger partial charge in [-0.15, -0.1) is 0 Å². The van der Waals surface area contributed by atoms with Crippen LogP contribution in [-0.2, 0) is 16.0 Å². The maximum Gasteiger partial charge on any atom is 0.250 e. The summed E-state index contributed by atoms with van der Waals surface area (Å²) in [4.78, 5) is 23.1. The van der Waals surface area contributed by atoms with Crippen LogP contribution in [0, 0.1) is 0 Å². The standard InChI is InChI=1S/C16H25N5O2/c1-2-12-9-15(19-11-18-12)21-6-3-13(4-7-21)20-16(22)14-10-17-5-8-23-14/h9,11,13-14,17H,2-8,10H2,1H3,(H,20,22). The van der Waals surface area contributed by atoms with Crippen LogP contribution in [0.5, 0.6) is 0 Å². The average Bonchev–Trinajstić information content (AvgIpc) is 2.63. The summed E-state index contributed by atoms with van der Waals surface area (Å²) in [6.45, 7) is 5.91. The van der Waals surface area contributed by atoms with Gasteiger partial charge in [-0.1, -0.05) is 6.92 Å². The van der Waals surface area contributed by atoms with Crippen molar-refractivity contribution in [2.24, 2.45) is 0 Å². The molecule has 1 amide bonds. The Kier molecular flexibility index (Phi) is 5.40. The molecule has 0 spiro atoms. The fourth-order valence-electron chi connectivity index (χ4n) is 3.03. The van der Waals surface area contributed by atoms with Crippen LogP contribution in [0.1, 0.15) is 25.5 Å². The maximum atomic E-state index is 12.2. The predicted octanol–water partition coefficient (Wildman–Crippen LogP) is 0.112. The monoisotopic (exact) mass is 319 g/mol. The van der Waals surface area contributed by atoms with Crippen LogP contribution in [-0.4, -0.2) is 60.8 Å². The van der Waals surface area contributed by atoms with Crippen LogP contribution in [0.25, 0.3) is 0 Å². The third-order valence-corrected chi connectivity index (χ3v) is 4.46. The Bertz CT molecular complexity index is 525. The number of aromatic nitrogens is 2. The van der Waals surface area contributed by atoms with Crippen molar-refractivity contribution in [2.75, 3.05) is 37.7 Å². The van der Waals surface area contributed by atoms with Crippen molar-refractivity contribution >= 4 is 11.7 Å². The molecule has 7 heteroatoms. The topological polar surface area (TPSA) is 79.4 Å². The van der Waals surface area contributed by atoms with E-state index in [1.54, 1.807) is 6.33 Å². The first-order valence-corrected chi connectivity index (χ1v) is 8.45. The van der Waals surface area contributed by atoms with E-state index in [1.165, 1.54) is 0 Å². The molecule has 2 fully saturated rings. The lowest BCUT2D eigenvalue weighted by atomic mass is 10.0. The molecule has 0 bridgehead atoms. The highest BCUT2D eigenvalue weighted by Crippen LogP contribution is 2.18. The number of amides is 1. The Hall–Kier alpha value is -1.73. The van der Waals surface area contributed by atoms with E-state index in [0.29, 0.717) is 13.2 Å². The molecule has 1 atom stereocenters. The third-order valence-electron chi connectivity index (χ3n) is 4.46. The Morgan fingerprint density at radius 3 is 2.96 bits per heavy atom. The number of nitrogens with zero attached hydrogens (tertiary/aromatic N) is 3. The molecule has 126 valence electrons. The summed E-state index contributed by atoms with van der Waals surface area (Å²) in [5.74, 6) is 0.993. The summed E-state index contributed by atoms with van der Waals surface area (Å²) in [7, 11) is 0. The molecule has 0 saturated carbocycles.